The second-order valence-electron chi connectivity index (χ2n) is 4.80. The fourth-order valence-electron chi connectivity index (χ4n) is 1.80. The van der Waals surface area contributed by atoms with Crippen LogP contribution in [-0.2, 0) is 16.1 Å². The number of methoxy groups -OCH3 is 1. The summed E-state index contributed by atoms with van der Waals surface area (Å²) in [7, 11) is 1.67. The molecule has 7 nitrogen and oxygen atoms in total. The average Bonchev–Trinajstić information content (AvgIpc) is 2.48. The number of hydrogen-bond donors (Lipinski definition) is 2. The number of nitrogens with two attached hydrogens (primary N) is 1. The van der Waals surface area contributed by atoms with Crippen molar-refractivity contribution in [3.8, 4) is 0 Å². The van der Waals surface area contributed by atoms with Crippen LogP contribution in [-0.4, -0.2) is 49.2 Å². The van der Waals surface area contributed by atoms with Crippen LogP contribution in [0.15, 0.2) is 12.4 Å². The maximum atomic E-state index is 11.1. The van der Waals surface area contributed by atoms with E-state index >= 15 is 0 Å². The second-order valence-corrected chi connectivity index (χ2v) is 4.80. The van der Waals surface area contributed by atoms with E-state index in [2.05, 4.69) is 22.2 Å². The first-order valence-electron chi connectivity index (χ1n) is 7.21. The third-order valence-corrected chi connectivity index (χ3v) is 2.91. The number of nitrogens with one attached hydrogen (secondary N) is 1. The van der Waals surface area contributed by atoms with Gasteiger partial charge >= 0.3 is 0 Å². The maximum absolute atomic E-state index is 11.1. The van der Waals surface area contributed by atoms with E-state index in [0.717, 1.165) is 31.5 Å². The molecule has 118 valence electrons. The Bertz CT molecular complexity index is 410. The molecule has 0 bridgehead atoms. The van der Waals surface area contributed by atoms with Gasteiger partial charge in [0.25, 0.3) is 0 Å². The van der Waals surface area contributed by atoms with E-state index < -0.39 is 0 Å². The minimum atomic E-state index is -0.375. The van der Waals surface area contributed by atoms with E-state index in [1.165, 1.54) is 0 Å². The summed E-state index contributed by atoms with van der Waals surface area (Å²) in [6, 6.07) is 0. The molecule has 0 unspecified atom stereocenters. The molecule has 3 N–H and O–H groups in total. The number of anilines is 1. The van der Waals surface area contributed by atoms with Crippen LogP contribution in [0.3, 0.4) is 0 Å². The molecular formula is C14H25N5O2. The largest absolute Gasteiger partial charge is 0.383 e. The lowest BCUT2D eigenvalue weighted by molar-refractivity contribution is -0.116. The first-order valence-corrected chi connectivity index (χ1v) is 7.21. The monoisotopic (exact) mass is 295 g/mol. The number of primary amides is 1. The molecule has 1 rings (SSSR count). The van der Waals surface area contributed by atoms with Gasteiger partial charge in [0, 0.05) is 44.7 Å². The van der Waals surface area contributed by atoms with Crippen molar-refractivity contribution in [2.24, 2.45) is 5.73 Å². The quantitative estimate of drug-likeness (QED) is 0.571. The van der Waals surface area contributed by atoms with E-state index in [-0.39, 0.29) is 12.5 Å². The van der Waals surface area contributed by atoms with E-state index in [0.29, 0.717) is 19.1 Å². The Kier molecular flexibility index (Phi) is 8.30. The molecule has 0 aromatic carbocycles. The molecule has 0 radical (unpaired) electrons. The van der Waals surface area contributed by atoms with E-state index in [4.69, 9.17) is 10.5 Å². The van der Waals surface area contributed by atoms with Crippen molar-refractivity contribution >= 4 is 11.9 Å². The number of nitrogens with zero attached hydrogens (tertiary/aromatic N) is 3. The first kappa shape index (κ1) is 17.3. The van der Waals surface area contributed by atoms with Gasteiger partial charge in [-0.15, -0.1) is 0 Å². The summed E-state index contributed by atoms with van der Waals surface area (Å²) in [5, 5.41) is 3.23. The molecule has 0 atom stereocenters. The number of carbonyl (C=O) groups is 1. The third kappa shape index (κ3) is 7.01. The highest BCUT2D eigenvalue weighted by Crippen LogP contribution is 2.08. The molecule has 1 aromatic rings. The third-order valence-electron chi connectivity index (χ3n) is 2.91. The standard InChI is InChI=1S/C14H25N5O2/c1-3-4-6-19(11-13(15)20)14-17-9-12(10-18-14)8-16-5-7-21-2/h9-10,16H,3-8,11H2,1-2H3,(H2,15,20). The van der Waals surface area contributed by atoms with Crippen LogP contribution >= 0.6 is 0 Å². The Morgan fingerprint density at radius 2 is 2.14 bits per heavy atom. The molecule has 0 spiro atoms. The van der Waals surface area contributed by atoms with Crippen molar-refractivity contribution in [3.63, 3.8) is 0 Å². The Balaban J connectivity index is 2.57. The Morgan fingerprint density at radius 1 is 1.43 bits per heavy atom. The predicted molar refractivity (Wildman–Crippen MR) is 81.9 cm³/mol. The Hall–Kier alpha value is -1.73. The van der Waals surface area contributed by atoms with Crippen LogP contribution in [0.5, 0.6) is 0 Å². The summed E-state index contributed by atoms with van der Waals surface area (Å²) in [4.78, 5) is 21.6. The predicted octanol–water partition coefficient (Wildman–Crippen LogP) is 0.304. The van der Waals surface area contributed by atoms with Crippen molar-refractivity contribution in [1.29, 1.82) is 0 Å². The minimum Gasteiger partial charge on any atom is -0.383 e. The number of carbonyl (C=O) groups excluding carboxylic acids is 1. The summed E-state index contributed by atoms with van der Waals surface area (Å²) in [6.07, 6.45) is 5.54. The van der Waals surface area contributed by atoms with Gasteiger partial charge in [-0.05, 0) is 6.42 Å². The van der Waals surface area contributed by atoms with Gasteiger partial charge in [-0.25, -0.2) is 9.97 Å². The Morgan fingerprint density at radius 3 is 2.71 bits per heavy atom. The van der Waals surface area contributed by atoms with Crippen LogP contribution in [0, 0.1) is 0 Å². The molecule has 1 amide bonds. The van der Waals surface area contributed by atoms with E-state index in [1.807, 2.05) is 4.90 Å². The smallest absolute Gasteiger partial charge is 0.237 e. The number of rotatable bonds is 11. The van der Waals surface area contributed by atoms with Gasteiger partial charge in [0.1, 0.15) is 0 Å². The SMILES string of the molecule is CCCCN(CC(N)=O)c1ncc(CNCCOC)cn1. The van der Waals surface area contributed by atoms with Gasteiger partial charge in [0.2, 0.25) is 11.9 Å². The number of ether oxygens (including phenoxy) is 1. The highest BCUT2D eigenvalue weighted by Gasteiger charge is 2.11. The van der Waals surface area contributed by atoms with Crippen LogP contribution in [0.2, 0.25) is 0 Å². The molecule has 0 fully saturated rings. The summed E-state index contributed by atoms with van der Waals surface area (Å²) >= 11 is 0. The average molecular weight is 295 g/mol. The summed E-state index contributed by atoms with van der Waals surface area (Å²) in [5.41, 5.74) is 6.26. The fourth-order valence-corrected chi connectivity index (χ4v) is 1.80. The highest BCUT2D eigenvalue weighted by atomic mass is 16.5. The molecule has 0 aliphatic rings. The van der Waals surface area contributed by atoms with Gasteiger partial charge in [0.05, 0.1) is 13.2 Å². The van der Waals surface area contributed by atoms with E-state index in [1.54, 1.807) is 19.5 Å². The van der Waals surface area contributed by atoms with Crippen molar-refractivity contribution in [1.82, 2.24) is 15.3 Å². The molecular weight excluding hydrogens is 270 g/mol. The number of hydrogen-bond acceptors (Lipinski definition) is 6. The number of aromatic nitrogens is 2. The topological polar surface area (TPSA) is 93.4 Å². The zero-order valence-corrected chi connectivity index (χ0v) is 12.8. The fraction of sp³-hybridized carbons (Fsp3) is 0.643. The van der Waals surface area contributed by atoms with Crippen molar-refractivity contribution < 1.29 is 9.53 Å². The molecule has 1 aromatic heterocycles. The first-order chi connectivity index (χ1) is 10.2. The second kappa shape index (κ2) is 10.1. The molecule has 0 saturated carbocycles. The molecule has 1 heterocycles. The van der Waals surface area contributed by atoms with Crippen LogP contribution in [0.4, 0.5) is 5.95 Å². The Labute approximate surface area is 125 Å². The van der Waals surface area contributed by atoms with Crippen LogP contribution in [0.25, 0.3) is 0 Å². The lowest BCUT2D eigenvalue weighted by atomic mass is 10.3. The van der Waals surface area contributed by atoms with Crippen molar-refractivity contribution in [2.75, 3.05) is 38.3 Å². The van der Waals surface area contributed by atoms with Gasteiger partial charge in [0.15, 0.2) is 0 Å². The van der Waals surface area contributed by atoms with Gasteiger partial charge < -0.3 is 20.7 Å². The maximum Gasteiger partial charge on any atom is 0.237 e. The van der Waals surface area contributed by atoms with Crippen molar-refractivity contribution in [3.05, 3.63) is 18.0 Å². The lowest BCUT2D eigenvalue weighted by Gasteiger charge is -2.20. The molecule has 0 aliphatic carbocycles. The highest BCUT2D eigenvalue weighted by molar-refractivity contribution is 5.78. The zero-order valence-electron chi connectivity index (χ0n) is 12.8. The summed E-state index contributed by atoms with van der Waals surface area (Å²) in [6.45, 7) is 5.10. The van der Waals surface area contributed by atoms with Crippen LogP contribution in [0.1, 0.15) is 25.3 Å². The molecule has 7 heteroatoms. The normalized spacial score (nSPS) is 10.6. The number of amides is 1. The van der Waals surface area contributed by atoms with Crippen molar-refractivity contribution in [2.45, 2.75) is 26.3 Å². The minimum absolute atomic E-state index is 0.144. The van der Waals surface area contributed by atoms with Gasteiger partial charge in [-0.2, -0.15) is 0 Å². The van der Waals surface area contributed by atoms with Gasteiger partial charge in [-0.3, -0.25) is 4.79 Å². The zero-order chi connectivity index (χ0) is 15.5. The van der Waals surface area contributed by atoms with Crippen LogP contribution < -0.4 is 16.0 Å². The molecule has 0 aliphatic heterocycles. The molecule has 21 heavy (non-hydrogen) atoms. The molecule has 0 saturated heterocycles. The van der Waals surface area contributed by atoms with Gasteiger partial charge in [-0.1, -0.05) is 13.3 Å². The summed E-state index contributed by atoms with van der Waals surface area (Å²) < 4.78 is 4.96. The number of unbranched alkanes of at least 4 members (excludes halogenated alkanes) is 1. The lowest BCUT2D eigenvalue weighted by Crippen LogP contribution is -2.35. The van der Waals surface area contributed by atoms with E-state index in [9.17, 15) is 4.79 Å². The summed E-state index contributed by atoms with van der Waals surface area (Å²) in [5.74, 6) is 0.169.